The Balaban J connectivity index is 1.99. The van der Waals surface area contributed by atoms with Crippen molar-refractivity contribution in [2.75, 3.05) is 32.0 Å². The lowest BCUT2D eigenvalue weighted by Crippen LogP contribution is -2.43. The summed E-state index contributed by atoms with van der Waals surface area (Å²) in [5.41, 5.74) is 1.65. The van der Waals surface area contributed by atoms with Gasteiger partial charge in [-0.25, -0.2) is 0 Å². The topological polar surface area (TPSA) is 44.4 Å². The zero-order valence-electron chi connectivity index (χ0n) is 11.8. The molecule has 2 N–H and O–H groups in total. The van der Waals surface area contributed by atoms with Crippen LogP contribution < -0.4 is 10.6 Å². The molecule has 1 aromatic rings. The van der Waals surface area contributed by atoms with E-state index in [1.54, 1.807) is 0 Å². The van der Waals surface area contributed by atoms with Gasteiger partial charge >= 0.3 is 0 Å². The second kappa shape index (κ2) is 6.57. The normalized spacial score (nSPS) is 17.2. The largest absolute Gasteiger partial charge is 0.385 e. The fraction of sp³-hybridized carbons (Fsp3) is 0.533. The molecule has 2 rings (SSSR count). The molecule has 0 aliphatic carbocycles. The average molecular weight is 261 g/mol. The van der Waals surface area contributed by atoms with Crippen molar-refractivity contribution in [3.63, 3.8) is 0 Å². The first-order chi connectivity index (χ1) is 9.20. The number of hydrogen-bond acceptors (Lipinski definition) is 3. The van der Waals surface area contributed by atoms with E-state index in [0.29, 0.717) is 6.04 Å². The summed E-state index contributed by atoms with van der Waals surface area (Å²) in [5, 5.41) is 6.38. The first-order valence-corrected chi connectivity index (χ1v) is 7.03. The van der Waals surface area contributed by atoms with Gasteiger partial charge in [0.15, 0.2) is 0 Å². The number of piperidine rings is 1. The van der Waals surface area contributed by atoms with Crippen LogP contribution in [0.15, 0.2) is 24.3 Å². The average Bonchev–Trinajstić information content (AvgIpc) is 2.42. The van der Waals surface area contributed by atoms with E-state index in [9.17, 15) is 4.79 Å². The van der Waals surface area contributed by atoms with Gasteiger partial charge in [-0.1, -0.05) is 12.1 Å². The van der Waals surface area contributed by atoms with E-state index < -0.39 is 0 Å². The molecule has 1 aliphatic rings. The molecule has 0 spiro atoms. The SMILES string of the molecule is CCNc1ccccc1C(=O)NC1CCN(C)CC1. The second-order valence-electron chi connectivity index (χ2n) is 5.13. The fourth-order valence-corrected chi connectivity index (χ4v) is 2.44. The minimum atomic E-state index is 0.0334. The smallest absolute Gasteiger partial charge is 0.253 e. The molecule has 1 saturated heterocycles. The number of nitrogens with zero attached hydrogens (tertiary/aromatic N) is 1. The summed E-state index contributed by atoms with van der Waals surface area (Å²) in [4.78, 5) is 14.6. The lowest BCUT2D eigenvalue weighted by Gasteiger charge is -2.29. The van der Waals surface area contributed by atoms with Crippen LogP contribution in [0.4, 0.5) is 5.69 Å². The third kappa shape index (κ3) is 3.70. The quantitative estimate of drug-likeness (QED) is 0.870. The predicted octanol–water partition coefficient (Wildman–Crippen LogP) is 1.94. The Morgan fingerprint density at radius 1 is 1.32 bits per heavy atom. The van der Waals surface area contributed by atoms with Crippen molar-refractivity contribution < 1.29 is 4.79 Å². The standard InChI is InChI=1S/C15H23N3O/c1-3-16-14-7-5-4-6-13(14)15(19)17-12-8-10-18(2)11-9-12/h4-7,12,16H,3,8-11H2,1-2H3,(H,17,19). The number of carbonyl (C=O) groups excluding carboxylic acids is 1. The van der Waals surface area contributed by atoms with E-state index in [2.05, 4.69) is 22.6 Å². The van der Waals surface area contributed by atoms with Gasteiger partial charge in [0.25, 0.3) is 5.91 Å². The lowest BCUT2D eigenvalue weighted by molar-refractivity contribution is 0.0917. The van der Waals surface area contributed by atoms with Gasteiger partial charge in [0.1, 0.15) is 0 Å². The molecule has 0 atom stereocenters. The minimum absolute atomic E-state index is 0.0334. The van der Waals surface area contributed by atoms with Crippen LogP contribution in [0.2, 0.25) is 0 Å². The van der Waals surface area contributed by atoms with Crippen LogP contribution in [-0.2, 0) is 0 Å². The van der Waals surface area contributed by atoms with Crippen molar-refractivity contribution in [3.8, 4) is 0 Å². The maximum atomic E-state index is 12.3. The Kier molecular flexibility index (Phi) is 4.80. The molecular weight excluding hydrogens is 238 g/mol. The van der Waals surface area contributed by atoms with E-state index in [0.717, 1.165) is 43.7 Å². The fourth-order valence-electron chi connectivity index (χ4n) is 2.44. The van der Waals surface area contributed by atoms with Crippen LogP contribution in [-0.4, -0.2) is 43.5 Å². The number of nitrogens with one attached hydrogen (secondary N) is 2. The minimum Gasteiger partial charge on any atom is -0.385 e. The van der Waals surface area contributed by atoms with Gasteiger partial charge in [-0.3, -0.25) is 4.79 Å². The molecule has 0 bridgehead atoms. The molecule has 1 amide bonds. The Morgan fingerprint density at radius 2 is 2.00 bits per heavy atom. The Bertz CT molecular complexity index is 425. The van der Waals surface area contributed by atoms with Crippen molar-refractivity contribution in [3.05, 3.63) is 29.8 Å². The molecule has 104 valence electrons. The van der Waals surface area contributed by atoms with Crippen molar-refractivity contribution in [1.29, 1.82) is 0 Å². The lowest BCUT2D eigenvalue weighted by atomic mass is 10.0. The maximum absolute atomic E-state index is 12.3. The number of anilines is 1. The van der Waals surface area contributed by atoms with Crippen molar-refractivity contribution in [2.45, 2.75) is 25.8 Å². The zero-order valence-corrected chi connectivity index (χ0v) is 11.8. The number of rotatable bonds is 4. The molecule has 0 saturated carbocycles. The molecule has 0 radical (unpaired) electrons. The highest BCUT2D eigenvalue weighted by molar-refractivity contribution is 5.99. The van der Waals surface area contributed by atoms with Crippen LogP contribution in [0, 0.1) is 0 Å². The van der Waals surface area contributed by atoms with E-state index >= 15 is 0 Å². The summed E-state index contributed by atoms with van der Waals surface area (Å²) in [5.74, 6) is 0.0334. The first-order valence-electron chi connectivity index (χ1n) is 7.03. The number of hydrogen-bond donors (Lipinski definition) is 2. The monoisotopic (exact) mass is 261 g/mol. The Morgan fingerprint density at radius 3 is 2.68 bits per heavy atom. The number of para-hydroxylation sites is 1. The summed E-state index contributed by atoms with van der Waals surface area (Å²) < 4.78 is 0. The van der Waals surface area contributed by atoms with Gasteiger partial charge in [-0.2, -0.15) is 0 Å². The van der Waals surface area contributed by atoms with Crippen LogP contribution in [0.3, 0.4) is 0 Å². The summed E-state index contributed by atoms with van der Waals surface area (Å²) in [7, 11) is 2.12. The zero-order chi connectivity index (χ0) is 13.7. The van der Waals surface area contributed by atoms with Crippen LogP contribution in [0.25, 0.3) is 0 Å². The highest BCUT2D eigenvalue weighted by Crippen LogP contribution is 2.16. The molecule has 1 heterocycles. The molecule has 19 heavy (non-hydrogen) atoms. The van der Waals surface area contributed by atoms with E-state index in [1.807, 2.05) is 31.2 Å². The maximum Gasteiger partial charge on any atom is 0.253 e. The first kappa shape index (κ1) is 13.9. The van der Waals surface area contributed by atoms with E-state index in [4.69, 9.17) is 0 Å². The molecule has 0 unspecified atom stereocenters. The van der Waals surface area contributed by atoms with Crippen LogP contribution in [0.1, 0.15) is 30.1 Å². The van der Waals surface area contributed by atoms with Gasteiger partial charge < -0.3 is 15.5 Å². The van der Waals surface area contributed by atoms with Crippen LogP contribution in [0.5, 0.6) is 0 Å². The summed E-state index contributed by atoms with van der Waals surface area (Å²) >= 11 is 0. The highest BCUT2D eigenvalue weighted by Gasteiger charge is 2.20. The third-order valence-corrected chi connectivity index (χ3v) is 3.59. The van der Waals surface area contributed by atoms with Gasteiger partial charge in [0.05, 0.1) is 5.56 Å². The molecule has 4 heteroatoms. The van der Waals surface area contributed by atoms with Gasteiger partial charge in [0, 0.05) is 18.3 Å². The van der Waals surface area contributed by atoms with Crippen LogP contribution >= 0.6 is 0 Å². The Hall–Kier alpha value is -1.55. The van der Waals surface area contributed by atoms with Crippen molar-refractivity contribution >= 4 is 11.6 Å². The van der Waals surface area contributed by atoms with Gasteiger partial charge in [-0.15, -0.1) is 0 Å². The Labute approximate surface area is 115 Å². The molecule has 0 aromatic heterocycles. The summed E-state index contributed by atoms with van der Waals surface area (Å²) in [6, 6.07) is 7.99. The highest BCUT2D eigenvalue weighted by atomic mass is 16.1. The predicted molar refractivity (Wildman–Crippen MR) is 78.6 cm³/mol. The second-order valence-corrected chi connectivity index (χ2v) is 5.13. The molecule has 1 fully saturated rings. The van der Waals surface area contributed by atoms with Crippen molar-refractivity contribution in [1.82, 2.24) is 10.2 Å². The van der Waals surface area contributed by atoms with E-state index in [-0.39, 0.29) is 5.91 Å². The molecule has 1 aliphatic heterocycles. The van der Waals surface area contributed by atoms with Gasteiger partial charge in [-0.05, 0) is 52.0 Å². The third-order valence-electron chi connectivity index (χ3n) is 3.59. The van der Waals surface area contributed by atoms with Crippen molar-refractivity contribution in [2.24, 2.45) is 0 Å². The number of benzene rings is 1. The van der Waals surface area contributed by atoms with E-state index in [1.165, 1.54) is 0 Å². The molecule has 1 aromatic carbocycles. The molecule has 4 nitrogen and oxygen atoms in total. The van der Waals surface area contributed by atoms with Gasteiger partial charge in [0.2, 0.25) is 0 Å². The molecular formula is C15H23N3O. The number of likely N-dealkylation sites (tertiary alicyclic amines) is 1. The summed E-state index contributed by atoms with van der Waals surface area (Å²) in [6.07, 6.45) is 2.07. The summed E-state index contributed by atoms with van der Waals surface area (Å²) in [6.45, 7) is 4.96. The number of amides is 1. The number of carbonyl (C=O) groups is 1.